The van der Waals surface area contributed by atoms with Crippen molar-refractivity contribution in [2.75, 3.05) is 6.54 Å². The second-order valence-electron chi connectivity index (χ2n) is 7.25. The Morgan fingerprint density at radius 2 is 1.50 bits per heavy atom. The molecule has 96 valence electrons. The molecule has 1 aliphatic carbocycles. The SMILES string of the molecule is CC(C)(C)NCCC(C)(C)C1CCCCC1. The minimum atomic E-state index is 0.267. The molecule has 16 heavy (non-hydrogen) atoms. The van der Waals surface area contributed by atoms with Crippen LogP contribution in [0.15, 0.2) is 0 Å². The first-order valence-corrected chi connectivity index (χ1v) is 7.06. The van der Waals surface area contributed by atoms with E-state index in [1.54, 1.807) is 0 Å². The van der Waals surface area contributed by atoms with Gasteiger partial charge in [-0.3, -0.25) is 0 Å². The monoisotopic (exact) mass is 225 g/mol. The van der Waals surface area contributed by atoms with Crippen LogP contribution in [-0.4, -0.2) is 12.1 Å². The summed E-state index contributed by atoms with van der Waals surface area (Å²) in [7, 11) is 0. The van der Waals surface area contributed by atoms with Crippen LogP contribution in [-0.2, 0) is 0 Å². The number of rotatable bonds is 4. The van der Waals surface area contributed by atoms with Crippen LogP contribution >= 0.6 is 0 Å². The molecule has 0 aromatic rings. The average molecular weight is 225 g/mol. The first-order chi connectivity index (χ1) is 7.31. The van der Waals surface area contributed by atoms with Gasteiger partial charge in [-0.05, 0) is 57.9 Å². The van der Waals surface area contributed by atoms with Gasteiger partial charge in [0.05, 0.1) is 0 Å². The minimum absolute atomic E-state index is 0.267. The molecule has 1 nitrogen and oxygen atoms in total. The molecule has 0 unspecified atom stereocenters. The predicted octanol–water partition coefficient (Wildman–Crippen LogP) is 4.37. The fourth-order valence-electron chi connectivity index (χ4n) is 2.85. The zero-order valence-corrected chi connectivity index (χ0v) is 12.0. The molecular formula is C15H31N. The molecular weight excluding hydrogens is 194 g/mol. The van der Waals surface area contributed by atoms with E-state index in [9.17, 15) is 0 Å². The van der Waals surface area contributed by atoms with Crippen LogP contribution in [0.4, 0.5) is 0 Å². The van der Waals surface area contributed by atoms with Crippen molar-refractivity contribution in [1.29, 1.82) is 0 Å². The van der Waals surface area contributed by atoms with Crippen molar-refractivity contribution in [3.05, 3.63) is 0 Å². The number of hydrogen-bond donors (Lipinski definition) is 1. The van der Waals surface area contributed by atoms with Gasteiger partial charge >= 0.3 is 0 Å². The van der Waals surface area contributed by atoms with E-state index < -0.39 is 0 Å². The Kier molecular flexibility index (Phi) is 4.85. The van der Waals surface area contributed by atoms with E-state index in [1.807, 2.05) is 0 Å². The molecule has 1 fully saturated rings. The van der Waals surface area contributed by atoms with Gasteiger partial charge in [-0.1, -0.05) is 33.1 Å². The first-order valence-electron chi connectivity index (χ1n) is 7.06. The van der Waals surface area contributed by atoms with Gasteiger partial charge in [-0.25, -0.2) is 0 Å². The normalized spacial score (nSPS) is 20.1. The van der Waals surface area contributed by atoms with Crippen LogP contribution in [0.5, 0.6) is 0 Å². The molecule has 1 rings (SSSR count). The van der Waals surface area contributed by atoms with Gasteiger partial charge in [-0.15, -0.1) is 0 Å². The summed E-state index contributed by atoms with van der Waals surface area (Å²) in [6.45, 7) is 12.8. The molecule has 0 amide bonds. The highest BCUT2D eigenvalue weighted by Crippen LogP contribution is 2.40. The second-order valence-corrected chi connectivity index (χ2v) is 7.25. The summed E-state index contributed by atoms with van der Waals surface area (Å²) in [6.07, 6.45) is 8.62. The van der Waals surface area contributed by atoms with Crippen LogP contribution in [0.2, 0.25) is 0 Å². The Morgan fingerprint density at radius 3 is 2.00 bits per heavy atom. The van der Waals surface area contributed by atoms with Gasteiger partial charge in [0.25, 0.3) is 0 Å². The third-order valence-electron chi connectivity index (χ3n) is 4.14. The molecule has 0 aromatic heterocycles. The Balaban J connectivity index is 2.32. The second kappa shape index (κ2) is 5.53. The third kappa shape index (κ3) is 4.86. The van der Waals surface area contributed by atoms with E-state index in [4.69, 9.17) is 0 Å². The topological polar surface area (TPSA) is 12.0 Å². The van der Waals surface area contributed by atoms with Crippen LogP contribution in [0.25, 0.3) is 0 Å². The van der Waals surface area contributed by atoms with Gasteiger partial charge in [0.2, 0.25) is 0 Å². The van der Waals surface area contributed by atoms with Crippen molar-refractivity contribution in [3.8, 4) is 0 Å². The smallest absolute Gasteiger partial charge is 0.00965 e. The van der Waals surface area contributed by atoms with Crippen molar-refractivity contribution >= 4 is 0 Å². The Hall–Kier alpha value is -0.0400. The number of hydrogen-bond acceptors (Lipinski definition) is 1. The Labute approximate surface area is 102 Å². The van der Waals surface area contributed by atoms with E-state index >= 15 is 0 Å². The summed E-state index contributed by atoms with van der Waals surface area (Å²) in [5.74, 6) is 0.961. The largest absolute Gasteiger partial charge is 0.312 e. The molecule has 0 heterocycles. The highest BCUT2D eigenvalue weighted by atomic mass is 14.9. The third-order valence-corrected chi connectivity index (χ3v) is 4.14. The lowest BCUT2D eigenvalue weighted by atomic mass is 9.69. The van der Waals surface area contributed by atoms with Gasteiger partial charge in [-0.2, -0.15) is 0 Å². The van der Waals surface area contributed by atoms with E-state index in [-0.39, 0.29) is 5.54 Å². The molecule has 0 spiro atoms. The minimum Gasteiger partial charge on any atom is -0.312 e. The Morgan fingerprint density at radius 1 is 0.938 bits per heavy atom. The van der Waals surface area contributed by atoms with E-state index in [0.717, 1.165) is 12.5 Å². The summed E-state index contributed by atoms with van der Waals surface area (Å²) in [6, 6.07) is 0. The van der Waals surface area contributed by atoms with Gasteiger partial charge < -0.3 is 5.32 Å². The van der Waals surface area contributed by atoms with E-state index in [2.05, 4.69) is 39.9 Å². The van der Waals surface area contributed by atoms with E-state index in [0.29, 0.717) is 5.41 Å². The van der Waals surface area contributed by atoms with Crippen LogP contribution in [0, 0.1) is 11.3 Å². The molecule has 1 N–H and O–H groups in total. The van der Waals surface area contributed by atoms with Crippen molar-refractivity contribution in [2.45, 2.75) is 78.7 Å². The molecule has 0 radical (unpaired) electrons. The van der Waals surface area contributed by atoms with Gasteiger partial charge in [0.1, 0.15) is 0 Å². The summed E-state index contributed by atoms with van der Waals surface area (Å²) in [4.78, 5) is 0. The maximum atomic E-state index is 3.62. The molecule has 0 saturated heterocycles. The lowest BCUT2D eigenvalue weighted by molar-refractivity contribution is 0.142. The molecule has 1 aliphatic rings. The number of nitrogens with one attached hydrogen (secondary N) is 1. The first kappa shape index (κ1) is 14.0. The highest BCUT2D eigenvalue weighted by molar-refractivity contribution is 4.82. The fraction of sp³-hybridized carbons (Fsp3) is 1.00. The lowest BCUT2D eigenvalue weighted by Crippen LogP contribution is -2.39. The molecule has 1 saturated carbocycles. The molecule has 0 aliphatic heterocycles. The van der Waals surface area contributed by atoms with Crippen molar-refractivity contribution in [1.82, 2.24) is 5.32 Å². The predicted molar refractivity (Wildman–Crippen MR) is 72.7 cm³/mol. The van der Waals surface area contributed by atoms with Crippen molar-refractivity contribution in [3.63, 3.8) is 0 Å². The van der Waals surface area contributed by atoms with Crippen molar-refractivity contribution in [2.24, 2.45) is 11.3 Å². The Bertz CT molecular complexity index is 194. The lowest BCUT2D eigenvalue weighted by Gasteiger charge is -2.38. The summed E-state index contributed by atoms with van der Waals surface area (Å²) < 4.78 is 0. The standard InChI is InChI=1S/C15H31N/c1-14(2,3)16-12-11-15(4,5)13-9-7-6-8-10-13/h13,16H,6-12H2,1-5H3. The quantitative estimate of drug-likeness (QED) is 0.749. The van der Waals surface area contributed by atoms with Crippen LogP contribution in [0.1, 0.15) is 73.1 Å². The fourth-order valence-corrected chi connectivity index (χ4v) is 2.85. The molecule has 1 heteroatoms. The molecule has 0 atom stereocenters. The van der Waals surface area contributed by atoms with Crippen LogP contribution < -0.4 is 5.32 Å². The van der Waals surface area contributed by atoms with Gasteiger partial charge in [0.15, 0.2) is 0 Å². The summed E-state index contributed by atoms with van der Waals surface area (Å²) >= 11 is 0. The van der Waals surface area contributed by atoms with Crippen LogP contribution in [0.3, 0.4) is 0 Å². The summed E-state index contributed by atoms with van der Waals surface area (Å²) in [5, 5.41) is 3.62. The maximum Gasteiger partial charge on any atom is 0.00965 e. The highest BCUT2D eigenvalue weighted by Gasteiger charge is 2.30. The van der Waals surface area contributed by atoms with Crippen molar-refractivity contribution < 1.29 is 0 Å². The zero-order valence-electron chi connectivity index (χ0n) is 12.0. The zero-order chi connectivity index (χ0) is 12.2. The molecule has 0 aromatic carbocycles. The average Bonchev–Trinajstić information content (AvgIpc) is 2.17. The van der Waals surface area contributed by atoms with E-state index in [1.165, 1.54) is 38.5 Å². The van der Waals surface area contributed by atoms with Gasteiger partial charge in [0, 0.05) is 5.54 Å². The molecule has 0 bridgehead atoms. The maximum absolute atomic E-state index is 3.62. The summed E-state index contributed by atoms with van der Waals surface area (Å²) in [5.41, 5.74) is 0.793.